The number of amides is 1. The number of hydrogen-bond donors (Lipinski definition) is 0. The van der Waals surface area contributed by atoms with Gasteiger partial charge in [-0.1, -0.05) is 13.8 Å². The first kappa shape index (κ1) is 16.8. The van der Waals surface area contributed by atoms with Gasteiger partial charge in [-0.25, -0.2) is 22.7 Å². The van der Waals surface area contributed by atoms with Crippen LogP contribution in [0.2, 0.25) is 0 Å². The molecule has 0 aromatic carbocycles. The van der Waals surface area contributed by atoms with Gasteiger partial charge in [0.2, 0.25) is 10.0 Å². The van der Waals surface area contributed by atoms with Crippen molar-refractivity contribution in [2.45, 2.75) is 31.4 Å². The molecule has 0 bridgehead atoms. The highest BCUT2D eigenvalue weighted by molar-refractivity contribution is 7.89. The molecular formula is C14H22N4O3S. The van der Waals surface area contributed by atoms with E-state index in [-0.39, 0.29) is 18.4 Å². The van der Waals surface area contributed by atoms with Gasteiger partial charge >= 0.3 is 0 Å². The van der Waals surface area contributed by atoms with Gasteiger partial charge in [-0.05, 0) is 12.5 Å². The molecule has 1 fully saturated rings. The van der Waals surface area contributed by atoms with Crippen molar-refractivity contribution in [3.05, 3.63) is 23.8 Å². The highest BCUT2D eigenvalue weighted by Crippen LogP contribution is 2.20. The van der Waals surface area contributed by atoms with Crippen LogP contribution in [0, 0.1) is 0 Å². The van der Waals surface area contributed by atoms with Crippen LogP contribution in [0.3, 0.4) is 0 Å². The molecule has 0 spiro atoms. The lowest BCUT2D eigenvalue weighted by Crippen LogP contribution is -2.37. The average Bonchev–Trinajstić information content (AvgIpc) is 2.96. The molecule has 1 unspecified atom stereocenters. The minimum Gasteiger partial charge on any atom is -0.336 e. The average molecular weight is 326 g/mol. The molecule has 122 valence electrons. The summed E-state index contributed by atoms with van der Waals surface area (Å²) in [5.41, 5.74) is 0.321. The summed E-state index contributed by atoms with van der Waals surface area (Å²) in [5.74, 6) is 0.511. The van der Waals surface area contributed by atoms with Crippen LogP contribution in [-0.4, -0.2) is 65.9 Å². The predicted octanol–water partition coefficient (Wildman–Crippen LogP) is 0.706. The SMILES string of the molecule is CC(C)c1nccc(C(=O)N2CCC(S(=O)(=O)N(C)C)C2)n1. The molecule has 22 heavy (non-hydrogen) atoms. The van der Waals surface area contributed by atoms with E-state index in [0.717, 1.165) is 0 Å². The molecule has 1 aromatic heterocycles. The Hall–Kier alpha value is -1.54. The predicted molar refractivity (Wildman–Crippen MR) is 83.0 cm³/mol. The summed E-state index contributed by atoms with van der Waals surface area (Å²) in [7, 11) is -0.314. The van der Waals surface area contributed by atoms with Crippen LogP contribution in [0.25, 0.3) is 0 Å². The summed E-state index contributed by atoms with van der Waals surface area (Å²) >= 11 is 0. The van der Waals surface area contributed by atoms with Crippen molar-refractivity contribution >= 4 is 15.9 Å². The molecule has 1 saturated heterocycles. The molecule has 1 aromatic rings. The molecule has 1 aliphatic rings. The van der Waals surface area contributed by atoms with Crippen LogP contribution in [0.15, 0.2) is 12.3 Å². The molecular weight excluding hydrogens is 304 g/mol. The van der Waals surface area contributed by atoms with Crippen molar-refractivity contribution in [1.29, 1.82) is 0 Å². The lowest BCUT2D eigenvalue weighted by Gasteiger charge is -2.19. The summed E-state index contributed by atoms with van der Waals surface area (Å²) in [6.07, 6.45) is 2.02. The third-order valence-corrected chi connectivity index (χ3v) is 6.02. The molecule has 1 aliphatic heterocycles. The van der Waals surface area contributed by atoms with E-state index >= 15 is 0 Å². The largest absolute Gasteiger partial charge is 0.336 e. The fourth-order valence-corrected chi connectivity index (χ4v) is 3.75. The molecule has 0 radical (unpaired) electrons. The second-order valence-electron chi connectivity index (χ2n) is 5.94. The highest BCUT2D eigenvalue weighted by atomic mass is 32.2. The van der Waals surface area contributed by atoms with Gasteiger partial charge in [-0.2, -0.15) is 0 Å². The number of hydrogen-bond acceptors (Lipinski definition) is 5. The van der Waals surface area contributed by atoms with Gasteiger partial charge in [0.05, 0.1) is 5.25 Å². The van der Waals surface area contributed by atoms with Crippen molar-refractivity contribution in [3.8, 4) is 0 Å². The smallest absolute Gasteiger partial charge is 0.272 e. The monoisotopic (exact) mass is 326 g/mol. The number of carbonyl (C=O) groups excluding carboxylic acids is 1. The third kappa shape index (κ3) is 3.27. The molecule has 0 saturated carbocycles. The van der Waals surface area contributed by atoms with Crippen molar-refractivity contribution < 1.29 is 13.2 Å². The maximum atomic E-state index is 12.5. The normalized spacial score (nSPS) is 19.2. The molecule has 2 rings (SSSR count). The number of nitrogens with zero attached hydrogens (tertiary/aromatic N) is 4. The van der Waals surface area contributed by atoms with Gasteiger partial charge in [-0.15, -0.1) is 0 Å². The molecule has 0 aliphatic carbocycles. The zero-order chi connectivity index (χ0) is 16.5. The molecule has 7 nitrogen and oxygen atoms in total. The molecule has 1 amide bonds. The van der Waals surface area contributed by atoms with Crippen LogP contribution in [0.5, 0.6) is 0 Å². The number of carbonyl (C=O) groups is 1. The second kappa shape index (κ2) is 6.29. The van der Waals surface area contributed by atoms with Crippen LogP contribution in [-0.2, 0) is 10.0 Å². The first-order chi connectivity index (χ1) is 10.2. The minimum absolute atomic E-state index is 0.133. The Bertz CT molecular complexity index is 658. The Morgan fingerprint density at radius 3 is 2.68 bits per heavy atom. The summed E-state index contributed by atoms with van der Waals surface area (Å²) in [6.45, 7) is 4.55. The topological polar surface area (TPSA) is 83.5 Å². The molecule has 0 N–H and O–H groups in total. The van der Waals surface area contributed by atoms with Gasteiger partial charge in [0.25, 0.3) is 5.91 Å². The lowest BCUT2D eigenvalue weighted by atomic mass is 10.2. The van der Waals surface area contributed by atoms with E-state index in [1.807, 2.05) is 13.8 Å². The Kier molecular flexibility index (Phi) is 4.81. The summed E-state index contributed by atoms with van der Waals surface area (Å²) < 4.78 is 25.5. The maximum absolute atomic E-state index is 12.5. The number of rotatable bonds is 4. The lowest BCUT2D eigenvalue weighted by molar-refractivity contribution is 0.0786. The van der Waals surface area contributed by atoms with Crippen LogP contribution in [0.1, 0.15) is 42.5 Å². The van der Waals surface area contributed by atoms with Crippen LogP contribution >= 0.6 is 0 Å². The number of sulfonamides is 1. The summed E-state index contributed by atoms with van der Waals surface area (Å²) in [6, 6.07) is 1.57. The Balaban J connectivity index is 2.14. The van der Waals surface area contributed by atoms with Crippen molar-refractivity contribution in [2.75, 3.05) is 27.2 Å². The van der Waals surface area contributed by atoms with E-state index in [0.29, 0.717) is 24.5 Å². The zero-order valence-corrected chi connectivity index (χ0v) is 14.2. The molecule has 1 atom stereocenters. The number of aromatic nitrogens is 2. The Morgan fingerprint density at radius 1 is 1.41 bits per heavy atom. The van der Waals surface area contributed by atoms with E-state index in [2.05, 4.69) is 9.97 Å². The van der Waals surface area contributed by atoms with Crippen LogP contribution < -0.4 is 0 Å². The maximum Gasteiger partial charge on any atom is 0.272 e. The first-order valence-electron chi connectivity index (χ1n) is 7.27. The molecule has 2 heterocycles. The zero-order valence-electron chi connectivity index (χ0n) is 13.4. The van der Waals surface area contributed by atoms with E-state index in [1.165, 1.54) is 18.4 Å². The van der Waals surface area contributed by atoms with E-state index in [9.17, 15) is 13.2 Å². The fraction of sp³-hybridized carbons (Fsp3) is 0.643. The summed E-state index contributed by atoms with van der Waals surface area (Å²) in [5, 5.41) is -0.544. The third-order valence-electron chi connectivity index (χ3n) is 3.77. The fourth-order valence-electron chi connectivity index (χ4n) is 2.39. The van der Waals surface area contributed by atoms with Crippen molar-refractivity contribution in [3.63, 3.8) is 0 Å². The van der Waals surface area contributed by atoms with Crippen molar-refractivity contribution in [2.24, 2.45) is 0 Å². The van der Waals surface area contributed by atoms with Gasteiger partial charge in [0, 0.05) is 39.3 Å². The van der Waals surface area contributed by atoms with Gasteiger partial charge in [0.1, 0.15) is 11.5 Å². The second-order valence-corrected chi connectivity index (χ2v) is 8.37. The summed E-state index contributed by atoms with van der Waals surface area (Å²) in [4.78, 5) is 22.5. The molecule has 8 heteroatoms. The highest BCUT2D eigenvalue weighted by Gasteiger charge is 2.37. The van der Waals surface area contributed by atoms with Gasteiger partial charge in [0.15, 0.2) is 0 Å². The van der Waals surface area contributed by atoms with Crippen molar-refractivity contribution in [1.82, 2.24) is 19.2 Å². The first-order valence-corrected chi connectivity index (χ1v) is 8.77. The van der Waals surface area contributed by atoms with Crippen LogP contribution in [0.4, 0.5) is 0 Å². The van der Waals surface area contributed by atoms with E-state index in [4.69, 9.17) is 0 Å². The minimum atomic E-state index is -3.34. The van der Waals surface area contributed by atoms with Gasteiger partial charge < -0.3 is 4.90 Å². The Labute approximate surface area is 131 Å². The quantitative estimate of drug-likeness (QED) is 0.813. The number of likely N-dealkylation sites (tertiary alicyclic amines) is 1. The standard InChI is InChI=1S/C14H22N4O3S/c1-10(2)13-15-7-5-12(16-13)14(19)18-8-6-11(9-18)22(20,21)17(3)4/h5,7,10-11H,6,8-9H2,1-4H3. The van der Waals surface area contributed by atoms with Gasteiger partial charge in [-0.3, -0.25) is 4.79 Å². The van der Waals surface area contributed by atoms with E-state index < -0.39 is 15.3 Å². The Morgan fingerprint density at radius 2 is 2.09 bits per heavy atom. The van der Waals surface area contributed by atoms with E-state index in [1.54, 1.807) is 17.2 Å².